The number of esters is 1. The average Bonchev–Trinajstić information content (AvgIpc) is 2.74. The Labute approximate surface area is 129 Å². The van der Waals surface area contributed by atoms with Crippen molar-refractivity contribution in [1.29, 1.82) is 0 Å². The van der Waals surface area contributed by atoms with Gasteiger partial charge in [0.05, 0.1) is 6.61 Å². The van der Waals surface area contributed by atoms with Gasteiger partial charge in [-0.3, -0.25) is 4.79 Å². The van der Waals surface area contributed by atoms with Gasteiger partial charge in [-0.2, -0.15) is 0 Å². The molecule has 114 valence electrons. The third kappa shape index (κ3) is 5.07. The third-order valence-electron chi connectivity index (χ3n) is 2.89. The number of thiazole rings is 1. The Morgan fingerprint density at radius 2 is 2.30 bits per heavy atom. The van der Waals surface area contributed by atoms with Crippen molar-refractivity contribution in [2.24, 2.45) is 0 Å². The number of rotatable bonds is 8. The fourth-order valence-corrected chi connectivity index (χ4v) is 4.42. The molecule has 1 N–H and O–H groups in total. The Kier molecular flexibility index (Phi) is 6.99. The molecule has 6 heteroatoms. The number of aromatic nitrogens is 1. The van der Waals surface area contributed by atoms with Gasteiger partial charge in [-0.25, -0.2) is 4.98 Å². The number of carbonyl (C=O) groups excluding carboxylic acids is 1. The van der Waals surface area contributed by atoms with Crippen molar-refractivity contribution in [3.63, 3.8) is 0 Å². The van der Waals surface area contributed by atoms with Crippen LogP contribution in [-0.2, 0) is 9.53 Å². The SMILES string of the molecule is CCNC(C)(CC(C)Sc1nc(C)cs1)C(=O)OCC. The van der Waals surface area contributed by atoms with Gasteiger partial charge in [0.15, 0.2) is 0 Å². The Morgan fingerprint density at radius 1 is 1.60 bits per heavy atom. The van der Waals surface area contributed by atoms with Crippen LogP contribution in [0.15, 0.2) is 9.72 Å². The van der Waals surface area contributed by atoms with Crippen LogP contribution in [0.5, 0.6) is 0 Å². The molecule has 1 heterocycles. The van der Waals surface area contributed by atoms with Crippen molar-refractivity contribution in [2.75, 3.05) is 13.2 Å². The Morgan fingerprint density at radius 3 is 2.80 bits per heavy atom. The summed E-state index contributed by atoms with van der Waals surface area (Å²) in [6.07, 6.45) is 0.711. The Bertz CT molecular complexity index is 437. The summed E-state index contributed by atoms with van der Waals surface area (Å²) in [5, 5.41) is 5.59. The van der Waals surface area contributed by atoms with Gasteiger partial charge in [-0.1, -0.05) is 25.6 Å². The lowest BCUT2D eigenvalue weighted by atomic mass is 9.96. The molecule has 0 fully saturated rings. The highest BCUT2D eigenvalue weighted by molar-refractivity contribution is 8.01. The van der Waals surface area contributed by atoms with E-state index < -0.39 is 5.54 Å². The predicted octanol–water partition coefficient (Wildman–Crippen LogP) is 3.25. The molecule has 2 atom stereocenters. The van der Waals surface area contributed by atoms with E-state index in [1.165, 1.54) is 0 Å². The van der Waals surface area contributed by atoms with Crippen LogP contribution in [0.1, 0.15) is 39.8 Å². The van der Waals surface area contributed by atoms with Crippen LogP contribution >= 0.6 is 23.1 Å². The van der Waals surface area contributed by atoms with Crippen LogP contribution in [0.25, 0.3) is 0 Å². The summed E-state index contributed by atoms with van der Waals surface area (Å²) in [5.74, 6) is -0.176. The van der Waals surface area contributed by atoms with Crippen LogP contribution in [0.2, 0.25) is 0 Å². The predicted molar refractivity (Wildman–Crippen MR) is 85.5 cm³/mol. The number of hydrogen-bond donors (Lipinski definition) is 1. The summed E-state index contributed by atoms with van der Waals surface area (Å²) in [4.78, 5) is 16.6. The molecule has 0 aromatic carbocycles. The summed E-state index contributed by atoms with van der Waals surface area (Å²) in [7, 11) is 0. The summed E-state index contributed by atoms with van der Waals surface area (Å²) < 4.78 is 6.24. The largest absolute Gasteiger partial charge is 0.465 e. The maximum absolute atomic E-state index is 12.1. The molecule has 0 saturated carbocycles. The van der Waals surface area contributed by atoms with Crippen molar-refractivity contribution in [3.8, 4) is 0 Å². The van der Waals surface area contributed by atoms with Gasteiger partial charge >= 0.3 is 5.97 Å². The zero-order chi connectivity index (χ0) is 15.2. The Balaban J connectivity index is 2.66. The van der Waals surface area contributed by atoms with Crippen LogP contribution in [0.3, 0.4) is 0 Å². The number of nitrogens with zero attached hydrogens (tertiary/aromatic N) is 1. The maximum Gasteiger partial charge on any atom is 0.326 e. The van der Waals surface area contributed by atoms with Gasteiger partial charge in [0.2, 0.25) is 0 Å². The number of carbonyl (C=O) groups is 1. The zero-order valence-electron chi connectivity index (χ0n) is 12.9. The first-order valence-electron chi connectivity index (χ1n) is 6.92. The lowest BCUT2D eigenvalue weighted by Crippen LogP contribution is -2.51. The van der Waals surface area contributed by atoms with E-state index >= 15 is 0 Å². The minimum absolute atomic E-state index is 0.176. The molecule has 0 amide bonds. The van der Waals surface area contributed by atoms with Crippen LogP contribution < -0.4 is 5.32 Å². The van der Waals surface area contributed by atoms with E-state index in [-0.39, 0.29) is 11.2 Å². The van der Waals surface area contributed by atoms with Gasteiger partial charge in [-0.05, 0) is 33.7 Å². The van der Waals surface area contributed by atoms with Crippen molar-refractivity contribution >= 4 is 29.1 Å². The van der Waals surface area contributed by atoms with Crippen molar-refractivity contribution in [1.82, 2.24) is 10.3 Å². The summed E-state index contributed by atoms with van der Waals surface area (Å²) >= 11 is 3.36. The van der Waals surface area contributed by atoms with Gasteiger partial charge in [-0.15, -0.1) is 11.3 Å². The standard InChI is InChI=1S/C14H24N2O2S2/c1-6-15-14(5,12(17)18-7-2)8-11(4)20-13-16-10(3)9-19-13/h9,11,15H,6-8H2,1-5H3. The number of thioether (sulfide) groups is 1. The van der Waals surface area contributed by atoms with Crippen LogP contribution in [0, 0.1) is 6.92 Å². The first-order chi connectivity index (χ1) is 9.41. The molecule has 20 heavy (non-hydrogen) atoms. The van der Waals surface area contributed by atoms with Gasteiger partial charge in [0.1, 0.15) is 9.88 Å². The highest BCUT2D eigenvalue weighted by Crippen LogP contribution is 2.31. The van der Waals surface area contributed by atoms with Crippen LogP contribution in [-0.4, -0.2) is 34.9 Å². The first-order valence-corrected chi connectivity index (χ1v) is 8.68. The number of ether oxygens (including phenoxy) is 1. The lowest BCUT2D eigenvalue weighted by molar-refractivity contribution is -0.150. The molecule has 1 aromatic heterocycles. The first kappa shape index (κ1) is 17.5. The van der Waals surface area contributed by atoms with Crippen LogP contribution in [0.4, 0.5) is 0 Å². The highest BCUT2D eigenvalue weighted by Gasteiger charge is 2.35. The van der Waals surface area contributed by atoms with Gasteiger partial charge in [0.25, 0.3) is 0 Å². The second kappa shape index (κ2) is 8.00. The molecule has 0 aliphatic carbocycles. The van der Waals surface area contributed by atoms with Crippen molar-refractivity contribution in [2.45, 2.75) is 56.2 Å². The van der Waals surface area contributed by atoms with Gasteiger partial charge < -0.3 is 10.1 Å². The lowest BCUT2D eigenvalue weighted by Gasteiger charge is -2.30. The monoisotopic (exact) mass is 316 g/mol. The summed E-state index contributed by atoms with van der Waals surface area (Å²) in [5.41, 5.74) is 0.410. The number of aryl methyl sites for hydroxylation is 1. The fourth-order valence-electron chi connectivity index (χ4n) is 2.08. The third-order valence-corrected chi connectivity index (χ3v) is 5.08. The topological polar surface area (TPSA) is 51.2 Å². The normalized spacial score (nSPS) is 15.7. The molecule has 0 aliphatic rings. The van der Waals surface area contributed by atoms with E-state index in [1.54, 1.807) is 23.1 Å². The molecular formula is C14H24N2O2S2. The van der Waals surface area contributed by atoms with E-state index in [9.17, 15) is 4.79 Å². The summed E-state index contributed by atoms with van der Waals surface area (Å²) in [6.45, 7) is 11.0. The maximum atomic E-state index is 12.1. The highest BCUT2D eigenvalue weighted by atomic mass is 32.2. The smallest absolute Gasteiger partial charge is 0.326 e. The molecule has 1 rings (SSSR count). The zero-order valence-corrected chi connectivity index (χ0v) is 14.5. The minimum Gasteiger partial charge on any atom is -0.465 e. The molecule has 0 aliphatic heterocycles. The second-order valence-corrected chi connectivity index (χ2v) is 7.51. The number of likely N-dealkylation sites (N-methyl/N-ethyl adjacent to an activating group) is 1. The molecule has 0 radical (unpaired) electrons. The van der Waals surface area contributed by atoms with Gasteiger partial charge in [0, 0.05) is 16.3 Å². The number of hydrogen-bond acceptors (Lipinski definition) is 6. The quantitative estimate of drug-likeness (QED) is 0.589. The molecular weight excluding hydrogens is 292 g/mol. The number of nitrogens with one attached hydrogen (secondary N) is 1. The molecule has 0 saturated heterocycles. The van der Waals surface area contributed by atoms with E-state index in [1.807, 2.05) is 33.1 Å². The second-order valence-electron chi connectivity index (χ2n) is 4.97. The summed E-state index contributed by atoms with van der Waals surface area (Å²) in [6, 6.07) is 0. The van der Waals surface area contributed by atoms with E-state index in [4.69, 9.17) is 4.74 Å². The fraction of sp³-hybridized carbons (Fsp3) is 0.714. The van der Waals surface area contributed by atoms with E-state index in [2.05, 4.69) is 17.2 Å². The molecule has 0 bridgehead atoms. The van der Waals surface area contributed by atoms with Crippen molar-refractivity contribution < 1.29 is 9.53 Å². The molecule has 2 unspecified atom stereocenters. The molecule has 4 nitrogen and oxygen atoms in total. The van der Waals surface area contributed by atoms with E-state index in [0.29, 0.717) is 13.0 Å². The minimum atomic E-state index is -0.635. The molecule has 1 aromatic rings. The van der Waals surface area contributed by atoms with Crippen molar-refractivity contribution in [3.05, 3.63) is 11.1 Å². The average molecular weight is 316 g/mol. The molecule has 0 spiro atoms. The Hall–Kier alpha value is -0.590. The van der Waals surface area contributed by atoms with E-state index in [0.717, 1.165) is 16.6 Å².